The van der Waals surface area contributed by atoms with Gasteiger partial charge in [-0.15, -0.1) is 11.3 Å². The third-order valence-corrected chi connectivity index (χ3v) is 7.58. The van der Waals surface area contributed by atoms with Gasteiger partial charge in [-0.25, -0.2) is 8.42 Å². The zero-order valence-electron chi connectivity index (χ0n) is 12.6. The summed E-state index contributed by atoms with van der Waals surface area (Å²) >= 11 is 1.40. The van der Waals surface area contributed by atoms with Crippen LogP contribution in [0, 0.1) is 0 Å². The summed E-state index contributed by atoms with van der Waals surface area (Å²) in [6, 6.07) is 3.79. The van der Waals surface area contributed by atoms with Crippen LogP contribution in [0.2, 0.25) is 0 Å². The van der Waals surface area contributed by atoms with Gasteiger partial charge in [0.25, 0.3) is 10.0 Å². The lowest BCUT2D eigenvalue weighted by Gasteiger charge is -2.23. The number of nitrogens with one attached hydrogen (secondary N) is 1. The van der Waals surface area contributed by atoms with E-state index in [4.69, 9.17) is 0 Å². The zero-order chi connectivity index (χ0) is 15.0. The van der Waals surface area contributed by atoms with E-state index in [9.17, 15) is 8.42 Å². The molecule has 0 aromatic carbocycles. The number of sulfonamides is 1. The molecule has 2 heterocycles. The highest BCUT2D eigenvalue weighted by Gasteiger charge is 2.36. The van der Waals surface area contributed by atoms with Crippen LogP contribution in [0.5, 0.6) is 0 Å². The van der Waals surface area contributed by atoms with E-state index in [-0.39, 0.29) is 11.5 Å². The van der Waals surface area contributed by atoms with Gasteiger partial charge in [0.05, 0.1) is 0 Å². The van der Waals surface area contributed by atoms with Crippen molar-refractivity contribution in [3.05, 3.63) is 17.0 Å². The summed E-state index contributed by atoms with van der Waals surface area (Å²) in [5, 5.41) is 3.09. The lowest BCUT2D eigenvalue weighted by Crippen LogP contribution is -2.40. The van der Waals surface area contributed by atoms with Gasteiger partial charge in [0.2, 0.25) is 0 Å². The van der Waals surface area contributed by atoms with Crippen molar-refractivity contribution in [3.63, 3.8) is 0 Å². The van der Waals surface area contributed by atoms with Crippen molar-refractivity contribution >= 4 is 21.4 Å². The Hall–Kier alpha value is -0.430. The molecule has 0 bridgehead atoms. The smallest absolute Gasteiger partial charge is 0.252 e. The highest BCUT2D eigenvalue weighted by molar-refractivity contribution is 7.91. The molecule has 1 atom stereocenters. The predicted molar refractivity (Wildman–Crippen MR) is 83.9 cm³/mol. The molecule has 1 aromatic rings. The molecule has 2 rings (SSSR count). The van der Waals surface area contributed by atoms with Crippen molar-refractivity contribution < 1.29 is 8.42 Å². The number of rotatable bonds is 4. The first-order valence-electron chi connectivity index (χ1n) is 7.03. The van der Waals surface area contributed by atoms with E-state index in [1.807, 2.05) is 13.1 Å². The maximum absolute atomic E-state index is 12.8. The van der Waals surface area contributed by atoms with Gasteiger partial charge in [0, 0.05) is 24.0 Å². The van der Waals surface area contributed by atoms with Gasteiger partial charge >= 0.3 is 0 Å². The quantitative estimate of drug-likeness (QED) is 0.928. The van der Waals surface area contributed by atoms with Gasteiger partial charge < -0.3 is 5.32 Å². The van der Waals surface area contributed by atoms with Crippen LogP contribution in [-0.4, -0.2) is 38.9 Å². The van der Waals surface area contributed by atoms with Crippen molar-refractivity contribution in [3.8, 4) is 0 Å². The number of hydrogen-bond acceptors (Lipinski definition) is 4. The molecule has 1 fully saturated rings. The van der Waals surface area contributed by atoms with E-state index in [0.29, 0.717) is 10.8 Å². The summed E-state index contributed by atoms with van der Waals surface area (Å²) in [6.45, 7) is 7.67. The van der Waals surface area contributed by atoms with Crippen LogP contribution < -0.4 is 5.32 Å². The van der Waals surface area contributed by atoms with Crippen LogP contribution in [0.3, 0.4) is 0 Å². The fourth-order valence-electron chi connectivity index (χ4n) is 2.54. The number of likely N-dealkylation sites (N-methyl/N-ethyl adjacent to an activating group) is 1. The minimum absolute atomic E-state index is 0.00613. The molecule has 1 aromatic heterocycles. The zero-order valence-corrected chi connectivity index (χ0v) is 14.3. The molecule has 0 radical (unpaired) electrons. The van der Waals surface area contributed by atoms with Crippen LogP contribution in [-0.2, 0) is 15.4 Å². The molecule has 0 aliphatic carbocycles. The molecule has 6 heteroatoms. The Labute approximate surface area is 126 Å². The van der Waals surface area contributed by atoms with E-state index in [1.165, 1.54) is 11.3 Å². The van der Waals surface area contributed by atoms with Gasteiger partial charge in [-0.2, -0.15) is 4.31 Å². The molecule has 1 N–H and O–H groups in total. The van der Waals surface area contributed by atoms with Gasteiger partial charge in [-0.05, 0) is 37.4 Å². The van der Waals surface area contributed by atoms with Gasteiger partial charge in [-0.3, -0.25) is 0 Å². The van der Waals surface area contributed by atoms with Crippen LogP contribution in [0.4, 0.5) is 0 Å². The summed E-state index contributed by atoms with van der Waals surface area (Å²) in [6.07, 6.45) is 1.89. The fraction of sp³-hybridized carbons (Fsp3) is 0.714. The second kappa shape index (κ2) is 5.75. The van der Waals surface area contributed by atoms with E-state index in [2.05, 4.69) is 26.1 Å². The molecular formula is C14H24N2O2S2. The van der Waals surface area contributed by atoms with Gasteiger partial charge in [-0.1, -0.05) is 20.8 Å². The third-order valence-electron chi connectivity index (χ3n) is 3.65. The Morgan fingerprint density at radius 1 is 1.40 bits per heavy atom. The minimum atomic E-state index is -3.34. The number of nitrogens with zero attached hydrogens (tertiary/aromatic N) is 1. The first kappa shape index (κ1) is 15.9. The number of hydrogen-bond donors (Lipinski definition) is 1. The monoisotopic (exact) mass is 316 g/mol. The molecule has 114 valence electrons. The molecule has 1 saturated heterocycles. The molecule has 1 unspecified atom stereocenters. The molecule has 0 saturated carbocycles. The molecule has 20 heavy (non-hydrogen) atoms. The third kappa shape index (κ3) is 3.08. The van der Waals surface area contributed by atoms with Crippen molar-refractivity contribution in [2.45, 2.75) is 49.3 Å². The predicted octanol–water partition coefficient (Wildman–Crippen LogP) is 2.42. The molecule has 0 spiro atoms. The molecule has 4 nitrogen and oxygen atoms in total. The summed E-state index contributed by atoms with van der Waals surface area (Å²) < 4.78 is 27.7. The average molecular weight is 316 g/mol. The Balaban J connectivity index is 2.28. The van der Waals surface area contributed by atoms with E-state index in [1.54, 1.807) is 10.4 Å². The second-order valence-electron chi connectivity index (χ2n) is 6.34. The average Bonchev–Trinajstić information content (AvgIpc) is 2.97. The Morgan fingerprint density at radius 2 is 2.10 bits per heavy atom. The first-order valence-corrected chi connectivity index (χ1v) is 9.29. The van der Waals surface area contributed by atoms with E-state index in [0.717, 1.165) is 24.3 Å². The van der Waals surface area contributed by atoms with Crippen LogP contribution in [0.25, 0.3) is 0 Å². The lowest BCUT2D eigenvalue weighted by molar-refractivity contribution is 0.380. The van der Waals surface area contributed by atoms with Crippen LogP contribution in [0.15, 0.2) is 16.3 Å². The van der Waals surface area contributed by atoms with Gasteiger partial charge in [0.1, 0.15) is 4.21 Å². The molecule has 1 aliphatic heterocycles. The van der Waals surface area contributed by atoms with Crippen molar-refractivity contribution in [2.75, 3.05) is 20.1 Å². The maximum Gasteiger partial charge on any atom is 0.252 e. The SMILES string of the molecule is CNCC1CCCN1S(=O)(=O)c1ccc(C(C)(C)C)s1. The summed E-state index contributed by atoms with van der Waals surface area (Å²) in [5.74, 6) is 0. The normalized spacial score (nSPS) is 21.5. The Bertz CT molecular complexity index is 558. The summed E-state index contributed by atoms with van der Waals surface area (Å²) in [5.41, 5.74) is -0.00613. The van der Waals surface area contributed by atoms with Gasteiger partial charge in [0.15, 0.2) is 0 Å². The van der Waals surface area contributed by atoms with Crippen molar-refractivity contribution in [2.24, 2.45) is 0 Å². The van der Waals surface area contributed by atoms with Crippen LogP contribution in [0.1, 0.15) is 38.5 Å². The summed E-state index contributed by atoms with van der Waals surface area (Å²) in [4.78, 5) is 1.11. The molecular weight excluding hydrogens is 292 g/mol. The first-order chi connectivity index (χ1) is 9.26. The minimum Gasteiger partial charge on any atom is -0.318 e. The molecule has 1 aliphatic rings. The highest BCUT2D eigenvalue weighted by Crippen LogP contribution is 2.35. The fourth-order valence-corrected chi connectivity index (χ4v) is 5.73. The van der Waals surface area contributed by atoms with E-state index >= 15 is 0 Å². The van der Waals surface area contributed by atoms with Crippen molar-refractivity contribution in [1.29, 1.82) is 0 Å². The number of thiophene rings is 1. The second-order valence-corrected chi connectivity index (χ2v) is 9.54. The van der Waals surface area contributed by atoms with E-state index < -0.39 is 10.0 Å². The van der Waals surface area contributed by atoms with Crippen LogP contribution >= 0.6 is 11.3 Å². The maximum atomic E-state index is 12.8. The van der Waals surface area contributed by atoms with Crippen molar-refractivity contribution in [1.82, 2.24) is 9.62 Å². The standard InChI is InChI=1S/C14H24N2O2S2/c1-14(2,3)12-7-8-13(19-12)20(17,18)16-9-5-6-11(16)10-15-4/h7-8,11,15H,5-6,9-10H2,1-4H3. The molecule has 0 amide bonds. The lowest BCUT2D eigenvalue weighted by atomic mass is 9.95. The highest BCUT2D eigenvalue weighted by atomic mass is 32.2. The Morgan fingerprint density at radius 3 is 2.65 bits per heavy atom. The summed E-state index contributed by atoms with van der Waals surface area (Å²) in [7, 11) is -1.47. The largest absolute Gasteiger partial charge is 0.318 e. The topological polar surface area (TPSA) is 49.4 Å². The Kier molecular flexibility index (Phi) is 4.59.